The summed E-state index contributed by atoms with van der Waals surface area (Å²) >= 11 is 0. The number of methoxy groups -OCH3 is 3. The van der Waals surface area contributed by atoms with Gasteiger partial charge in [0.1, 0.15) is 12.5 Å². The van der Waals surface area contributed by atoms with Gasteiger partial charge in [0.15, 0.2) is 40.3 Å². The molecule has 0 spiro atoms. The molecule has 0 radical (unpaired) electrons. The molecule has 40 heavy (non-hydrogen) atoms. The standard InChI is InChI=1S/C23H26FN6O9P/c1-23(2)21(31)30(11-38-40(32,33)34)20-14(39-23)6-7-17(28-20)27-19-13(24)10-25-22(29-19)26-12-8-15(35-3)18(37-5)16(9-12)36-4/h6-10H,11H2,1-5H3,(H2,32,33,34)(H2,25,26,27,28,29)/i1D3,2D3,8D,9D,11D2. The molecule has 0 saturated heterocycles. The Kier molecular flexibility index (Phi) is 5.04. The van der Waals surface area contributed by atoms with E-state index in [4.69, 9.17) is 32.7 Å². The molecule has 2 aromatic heterocycles. The molecule has 4 N–H and O–H groups in total. The summed E-state index contributed by atoms with van der Waals surface area (Å²) in [5.41, 5.74) is -4.07. The number of phosphoric ester groups is 1. The van der Waals surface area contributed by atoms with E-state index in [1.54, 1.807) is 0 Å². The molecule has 0 aliphatic carbocycles. The third-order valence-corrected chi connectivity index (χ3v) is 5.12. The summed E-state index contributed by atoms with van der Waals surface area (Å²) in [6.07, 6.45) is 0.660. The van der Waals surface area contributed by atoms with Crippen molar-refractivity contribution in [3.63, 3.8) is 0 Å². The van der Waals surface area contributed by atoms with Crippen molar-refractivity contribution in [2.45, 2.75) is 19.3 Å². The number of nitrogens with one attached hydrogen (secondary N) is 2. The van der Waals surface area contributed by atoms with Crippen molar-refractivity contribution in [2.75, 3.05) is 43.5 Å². The number of rotatable bonds is 10. The molecule has 1 aliphatic rings. The number of carbonyl (C=O) groups excluding carboxylic acids is 1. The second kappa shape index (κ2) is 11.1. The first kappa shape index (κ1) is 18.2. The molecular formula is C23H26FN6O9P. The molecule has 214 valence electrons. The molecule has 0 fully saturated rings. The Hall–Kier alpha value is -4.24. The van der Waals surface area contributed by atoms with E-state index < -0.39 is 86.8 Å². The SMILES string of the molecule is [2H]c1c(Nc2ncc(F)c(Nc3ccc4c(n3)N(C([2H])([2H])OP(=O)(O)O)C(=O)C(C([2H])([2H])[2H])(C([2H])([2H])[2H])O4)n2)c([2H])c(OC)c(OC)c1OC. The Morgan fingerprint density at radius 1 is 1.18 bits per heavy atom. The second-order valence-corrected chi connectivity index (χ2v) is 8.64. The van der Waals surface area contributed by atoms with Crippen LogP contribution in [0.4, 0.5) is 33.5 Å². The number of ether oxygens (including phenoxy) is 4. The van der Waals surface area contributed by atoms with Crippen LogP contribution in [-0.4, -0.2) is 64.3 Å². The predicted octanol–water partition coefficient (Wildman–Crippen LogP) is 3.09. The van der Waals surface area contributed by atoms with Crippen molar-refractivity contribution < 1.29 is 60.7 Å². The number of carbonyl (C=O) groups is 1. The molecule has 3 heterocycles. The summed E-state index contributed by atoms with van der Waals surface area (Å²) < 4.78 is 132. The Labute approximate surface area is 241 Å². The highest BCUT2D eigenvalue weighted by atomic mass is 31.2. The number of hydrogen-bond donors (Lipinski definition) is 4. The first-order valence-corrected chi connectivity index (χ1v) is 12.1. The smallest absolute Gasteiger partial charge is 0.471 e. The number of amides is 1. The highest BCUT2D eigenvalue weighted by Gasteiger charge is 2.42. The van der Waals surface area contributed by atoms with Gasteiger partial charge in [-0.1, -0.05) is 0 Å². The van der Waals surface area contributed by atoms with E-state index in [0.29, 0.717) is 6.20 Å². The predicted molar refractivity (Wildman–Crippen MR) is 139 cm³/mol. The van der Waals surface area contributed by atoms with Crippen LogP contribution < -0.4 is 34.5 Å². The van der Waals surface area contributed by atoms with Gasteiger partial charge in [0.2, 0.25) is 11.7 Å². The summed E-state index contributed by atoms with van der Waals surface area (Å²) in [6.45, 7) is -11.6. The quantitative estimate of drug-likeness (QED) is 0.252. The summed E-state index contributed by atoms with van der Waals surface area (Å²) in [5.74, 6) is -7.09. The van der Waals surface area contributed by atoms with Crippen LogP contribution in [0.2, 0.25) is 0 Å². The van der Waals surface area contributed by atoms with Gasteiger partial charge < -0.3 is 39.4 Å². The summed E-state index contributed by atoms with van der Waals surface area (Å²) in [7, 11) is -2.07. The van der Waals surface area contributed by atoms with Crippen LogP contribution in [0.25, 0.3) is 0 Å². The largest absolute Gasteiger partial charge is 0.493 e. The highest BCUT2D eigenvalue weighted by molar-refractivity contribution is 7.46. The molecule has 17 heteroatoms. The van der Waals surface area contributed by atoms with Crippen molar-refractivity contribution >= 4 is 42.8 Å². The molecule has 0 unspecified atom stereocenters. The Bertz CT molecular complexity index is 1840. The normalized spacial score (nSPS) is 18.9. The fraction of sp³-hybridized carbons (Fsp3) is 0.304. The van der Waals surface area contributed by atoms with Crippen LogP contribution in [0.5, 0.6) is 23.0 Å². The zero-order valence-electron chi connectivity index (χ0n) is 30.6. The molecule has 1 aromatic carbocycles. The van der Waals surface area contributed by atoms with Crippen molar-refractivity contribution in [2.24, 2.45) is 0 Å². The van der Waals surface area contributed by atoms with Gasteiger partial charge in [-0.25, -0.2) is 18.9 Å². The first-order chi connectivity index (χ1) is 22.9. The van der Waals surface area contributed by atoms with Crippen molar-refractivity contribution in [1.29, 1.82) is 0 Å². The Morgan fingerprint density at radius 2 is 1.88 bits per heavy atom. The minimum Gasteiger partial charge on any atom is -0.493 e. The maximum absolute atomic E-state index is 15.0. The number of fused-ring (bicyclic) bond motifs is 1. The third-order valence-electron chi connectivity index (χ3n) is 4.80. The third kappa shape index (κ3) is 6.15. The van der Waals surface area contributed by atoms with E-state index >= 15 is 0 Å². The van der Waals surface area contributed by atoms with Crippen LogP contribution in [0.1, 0.15) is 27.4 Å². The lowest BCUT2D eigenvalue weighted by atomic mass is 10.1. The average molecular weight is 591 g/mol. The van der Waals surface area contributed by atoms with Crippen molar-refractivity contribution in [3.8, 4) is 23.0 Å². The van der Waals surface area contributed by atoms with Gasteiger partial charge >= 0.3 is 7.82 Å². The van der Waals surface area contributed by atoms with Gasteiger partial charge in [0, 0.05) is 26.0 Å². The van der Waals surface area contributed by atoms with E-state index in [2.05, 4.69) is 30.1 Å². The maximum atomic E-state index is 15.0. The molecule has 15 nitrogen and oxygen atoms in total. The number of aromatic nitrogens is 3. The van der Waals surface area contributed by atoms with E-state index in [1.807, 2.05) is 0 Å². The van der Waals surface area contributed by atoms with Crippen LogP contribution in [-0.2, 0) is 13.9 Å². The summed E-state index contributed by atoms with van der Waals surface area (Å²) in [4.78, 5) is 43.6. The zero-order chi connectivity index (χ0) is 37.8. The number of nitrogens with zero attached hydrogens (tertiary/aromatic N) is 4. The van der Waals surface area contributed by atoms with Gasteiger partial charge in [-0.15, -0.1) is 0 Å². The molecule has 0 saturated carbocycles. The maximum Gasteiger partial charge on any atom is 0.471 e. The second-order valence-electron chi connectivity index (χ2n) is 7.48. The Balaban J connectivity index is 1.82. The number of pyridine rings is 1. The van der Waals surface area contributed by atoms with Gasteiger partial charge in [0.25, 0.3) is 5.91 Å². The van der Waals surface area contributed by atoms with Gasteiger partial charge in [0.05, 0.1) is 33.0 Å². The lowest BCUT2D eigenvalue weighted by molar-refractivity contribution is -0.133. The van der Waals surface area contributed by atoms with Crippen LogP contribution >= 0.6 is 7.82 Å². The summed E-state index contributed by atoms with van der Waals surface area (Å²) in [5, 5.41) is 4.96. The zero-order valence-corrected chi connectivity index (χ0v) is 21.5. The number of halogens is 1. The molecule has 3 aromatic rings. The minimum atomic E-state index is -5.80. The van der Waals surface area contributed by atoms with E-state index in [0.717, 1.165) is 12.1 Å². The van der Waals surface area contributed by atoms with Crippen LogP contribution in [0.15, 0.2) is 30.4 Å². The van der Waals surface area contributed by atoms with E-state index in [-0.39, 0.29) is 27.8 Å². The van der Waals surface area contributed by atoms with Gasteiger partial charge in [-0.05, 0) is 25.8 Å². The molecule has 0 atom stereocenters. The molecular weight excluding hydrogens is 554 g/mol. The monoisotopic (exact) mass is 590 g/mol. The van der Waals surface area contributed by atoms with E-state index in [1.165, 1.54) is 21.3 Å². The lowest BCUT2D eigenvalue weighted by Gasteiger charge is -2.37. The lowest BCUT2D eigenvalue weighted by Crippen LogP contribution is -2.53. The van der Waals surface area contributed by atoms with Crippen LogP contribution in [0, 0.1) is 5.82 Å². The van der Waals surface area contributed by atoms with Crippen molar-refractivity contribution in [1.82, 2.24) is 15.0 Å². The fourth-order valence-electron chi connectivity index (χ4n) is 3.14. The topological polar surface area (TPSA) is 187 Å². The minimum absolute atomic E-state index is 0.0570. The molecule has 0 bridgehead atoms. The molecule has 1 amide bonds. The van der Waals surface area contributed by atoms with Gasteiger partial charge in [-0.3, -0.25) is 14.2 Å². The van der Waals surface area contributed by atoms with Gasteiger partial charge in [-0.2, -0.15) is 4.98 Å². The fourth-order valence-corrected chi connectivity index (χ4v) is 3.33. The number of phosphoric acid groups is 1. The van der Waals surface area contributed by atoms with Crippen LogP contribution in [0.3, 0.4) is 0 Å². The van der Waals surface area contributed by atoms with E-state index in [9.17, 15) is 23.5 Å². The number of anilines is 5. The highest BCUT2D eigenvalue weighted by Crippen LogP contribution is 2.42. The molecule has 1 aliphatic heterocycles. The number of hydrogen-bond acceptors (Lipinski definition) is 12. The number of benzene rings is 1. The van der Waals surface area contributed by atoms with Crippen molar-refractivity contribution in [3.05, 3.63) is 36.2 Å². The Morgan fingerprint density at radius 3 is 2.48 bits per heavy atom. The summed E-state index contributed by atoms with van der Waals surface area (Å²) in [6, 6.07) is 0.983. The first-order valence-electron chi connectivity index (χ1n) is 15.6. The average Bonchev–Trinajstić information content (AvgIpc) is 2.97. The molecule has 4 rings (SSSR count).